The molecule has 0 aliphatic carbocycles. The Hall–Kier alpha value is -2.00. The maximum Gasteiger partial charge on any atom is 0.133 e. The Bertz CT molecular complexity index is 750. The van der Waals surface area contributed by atoms with E-state index in [1.165, 1.54) is 0 Å². The lowest BCUT2D eigenvalue weighted by Crippen LogP contribution is -1.97. The minimum absolute atomic E-state index is 0.490. The summed E-state index contributed by atoms with van der Waals surface area (Å²) in [5, 5.41) is 2.71. The fourth-order valence-electron chi connectivity index (χ4n) is 2.28. The largest absolute Gasteiger partial charge is 0.264 e. The third kappa shape index (κ3) is 2.49. The minimum Gasteiger partial charge on any atom is -0.264 e. The van der Waals surface area contributed by atoms with Crippen LogP contribution in [0, 0.1) is 0 Å². The molecule has 3 nitrogen and oxygen atoms in total. The molecule has 4 heteroatoms. The third-order valence-corrected chi connectivity index (χ3v) is 3.37. The number of hydrogen-bond donors (Lipinski definition) is 0. The van der Waals surface area contributed by atoms with E-state index in [1.807, 2.05) is 30.5 Å². The Morgan fingerprint density at radius 2 is 2.05 bits per heavy atom. The van der Waals surface area contributed by atoms with E-state index in [2.05, 4.69) is 27.9 Å². The van der Waals surface area contributed by atoms with Crippen LogP contribution in [-0.2, 0) is 6.42 Å². The van der Waals surface area contributed by atoms with Gasteiger partial charge in [0.1, 0.15) is 11.0 Å². The molecule has 0 saturated heterocycles. The fraction of sp³-hybridized carbons (Fsp3) is 0.188. The van der Waals surface area contributed by atoms with Gasteiger partial charge in [0, 0.05) is 35.8 Å². The zero-order chi connectivity index (χ0) is 13.9. The SMILES string of the molecule is CCCc1nc(Cl)cc(-c2cccc3cnccc23)n1. The Kier molecular flexibility index (Phi) is 3.61. The van der Waals surface area contributed by atoms with Gasteiger partial charge in [-0.15, -0.1) is 0 Å². The summed E-state index contributed by atoms with van der Waals surface area (Å²) in [6, 6.07) is 9.92. The third-order valence-electron chi connectivity index (χ3n) is 3.17. The average Bonchev–Trinajstić information content (AvgIpc) is 2.46. The molecule has 0 saturated carbocycles. The summed E-state index contributed by atoms with van der Waals surface area (Å²) in [4.78, 5) is 13.1. The first-order chi connectivity index (χ1) is 9.78. The average molecular weight is 284 g/mol. The van der Waals surface area contributed by atoms with Crippen LogP contribution in [0.25, 0.3) is 22.0 Å². The normalized spacial score (nSPS) is 10.9. The molecule has 2 heterocycles. The van der Waals surface area contributed by atoms with E-state index in [0.717, 1.165) is 40.7 Å². The van der Waals surface area contributed by atoms with Gasteiger partial charge in [-0.3, -0.25) is 4.98 Å². The molecule has 0 bridgehead atoms. The highest BCUT2D eigenvalue weighted by molar-refractivity contribution is 6.29. The van der Waals surface area contributed by atoms with E-state index < -0.39 is 0 Å². The molecule has 1 aromatic carbocycles. The number of aryl methyl sites for hydroxylation is 1. The second-order valence-corrected chi connectivity index (χ2v) is 5.03. The summed E-state index contributed by atoms with van der Waals surface area (Å²) in [5.74, 6) is 0.793. The van der Waals surface area contributed by atoms with Crippen molar-refractivity contribution in [3.05, 3.63) is 53.7 Å². The van der Waals surface area contributed by atoms with Crippen molar-refractivity contribution in [2.24, 2.45) is 0 Å². The van der Waals surface area contributed by atoms with Crippen LogP contribution in [-0.4, -0.2) is 15.0 Å². The van der Waals surface area contributed by atoms with Crippen LogP contribution >= 0.6 is 11.6 Å². The molecule has 3 aromatic rings. The molecule has 0 radical (unpaired) electrons. The van der Waals surface area contributed by atoms with Crippen LogP contribution in [0.1, 0.15) is 19.2 Å². The molecule has 0 atom stereocenters. The number of pyridine rings is 1. The van der Waals surface area contributed by atoms with Crippen molar-refractivity contribution in [3.8, 4) is 11.3 Å². The second kappa shape index (κ2) is 5.55. The predicted octanol–water partition coefficient (Wildman–Crippen LogP) is 4.30. The summed E-state index contributed by atoms with van der Waals surface area (Å²) >= 11 is 6.12. The van der Waals surface area contributed by atoms with Gasteiger partial charge in [-0.1, -0.05) is 36.7 Å². The Labute approximate surface area is 122 Å². The molecule has 0 amide bonds. The van der Waals surface area contributed by atoms with Gasteiger partial charge in [0.25, 0.3) is 0 Å². The molecule has 0 aliphatic rings. The van der Waals surface area contributed by atoms with Gasteiger partial charge in [-0.05, 0) is 17.9 Å². The van der Waals surface area contributed by atoms with Crippen LogP contribution in [0.3, 0.4) is 0 Å². The van der Waals surface area contributed by atoms with Gasteiger partial charge in [0.05, 0.1) is 5.69 Å². The number of benzene rings is 1. The molecule has 2 aromatic heterocycles. The molecule has 3 rings (SSSR count). The van der Waals surface area contributed by atoms with Crippen molar-refractivity contribution in [2.45, 2.75) is 19.8 Å². The molecule has 0 fully saturated rings. The molecule has 0 unspecified atom stereocenters. The topological polar surface area (TPSA) is 38.7 Å². The van der Waals surface area contributed by atoms with Gasteiger partial charge in [0.15, 0.2) is 0 Å². The maximum atomic E-state index is 6.12. The van der Waals surface area contributed by atoms with Gasteiger partial charge >= 0.3 is 0 Å². The standard InChI is InChI=1S/C16H14ClN3/c1-2-4-16-19-14(9-15(17)20-16)13-6-3-5-11-10-18-8-7-12(11)13/h3,5-10H,2,4H2,1H3. The summed E-state index contributed by atoms with van der Waals surface area (Å²) in [6.07, 6.45) is 5.48. The Morgan fingerprint density at radius 3 is 2.90 bits per heavy atom. The zero-order valence-corrected chi connectivity index (χ0v) is 11.9. The molecule has 0 aliphatic heterocycles. The molecular weight excluding hydrogens is 270 g/mol. The van der Waals surface area contributed by atoms with E-state index in [4.69, 9.17) is 11.6 Å². The quantitative estimate of drug-likeness (QED) is 0.673. The van der Waals surface area contributed by atoms with Crippen LogP contribution in [0.5, 0.6) is 0 Å². The predicted molar refractivity (Wildman–Crippen MR) is 81.8 cm³/mol. The van der Waals surface area contributed by atoms with Crippen molar-refractivity contribution in [1.29, 1.82) is 0 Å². The van der Waals surface area contributed by atoms with Crippen LogP contribution in [0.4, 0.5) is 0 Å². The first-order valence-corrected chi connectivity index (χ1v) is 7.02. The van der Waals surface area contributed by atoms with Crippen LogP contribution in [0.2, 0.25) is 5.15 Å². The molecule has 100 valence electrons. The lowest BCUT2D eigenvalue weighted by atomic mass is 10.0. The van der Waals surface area contributed by atoms with Crippen molar-refractivity contribution >= 4 is 22.4 Å². The second-order valence-electron chi connectivity index (χ2n) is 4.64. The van der Waals surface area contributed by atoms with Crippen molar-refractivity contribution in [3.63, 3.8) is 0 Å². The zero-order valence-electron chi connectivity index (χ0n) is 11.2. The lowest BCUT2D eigenvalue weighted by Gasteiger charge is -2.08. The first-order valence-electron chi connectivity index (χ1n) is 6.64. The van der Waals surface area contributed by atoms with Crippen molar-refractivity contribution in [1.82, 2.24) is 15.0 Å². The summed E-state index contributed by atoms with van der Waals surface area (Å²) in [5.41, 5.74) is 1.93. The fourth-order valence-corrected chi connectivity index (χ4v) is 2.48. The summed E-state index contributed by atoms with van der Waals surface area (Å²) in [6.45, 7) is 2.10. The van der Waals surface area contributed by atoms with Crippen LogP contribution in [0.15, 0.2) is 42.7 Å². The van der Waals surface area contributed by atoms with Gasteiger partial charge in [0.2, 0.25) is 0 Å². The van der Waals surface area contributed by atoms with Gasteiger partial charge < -0.3 is 0 Å². The van der Waals surface area contributed by atoms with E-state index in [-0.39, 0.29) is 0 Å². The highest BCUT2D eigenvalue weighted by atomic mass is 35.5. The van der Waals surface area contributed by atoms with E-state index >= 15 is 0 Å². The van der Waals surface area contributed by atoms with Crippen LogP contribution < -0.4 is 0 Å². The Balaban J connectivity index is 2.20. The van der Waals surface area contributed by atoms with Crippen molar-refractivity contribution in [2.75, 3.05) is 0 Å². The molecular formula is C16H14ClN3. The van der Waals surface area contributed by atoms with Gasteiger partial charge in [-0.25, -0.2) is 9.97 Å². The highest BCUT2D eigenvalue weighted by Crippen LogP contribution is 2.28. The lowest BCUT2D eigenvalue weighted by molar-refractivity contribution is 0.837. The van der Waals surface area contributed by atoms with Crippen molar-refractivity contribution < 1.29 is 0 Å². The molecule has 0 spiro atoms. The molecule has 0 N–H and O–H groups in total. The monoisotopic (exact) mass is 283 g/mol. The number of fused-ring (bicyclic) bond motifs is 1. The number of nitrogens with zero attached hydrogens (tertiary/aromatic N) is 3. The number of rotatable bonds is 3. The van der Waals surface area contributed by atoms with E-state index in [9.17, 15) is 0 Å². The maximum absolute atomic E-state index is 6.12. The Morgan fingerprint density at radius 1 is 1.15 bits per heavy atom. The van der Waals surface area contributed by atoms with Gasteiger partial charge in [-0.2, -0.15) is 0 Å². The first kappa shape index (κ1) is 13.0. The summed E-state index contributed by atoms with van der Waals surface area (Å²) < 4.78 is 0. The summed E-state index contributed by atoms with van der Waals surface area (Å²) in [7, 11) is 0. The van der Waals surface area contributed by atoms with E-state index in [1.54, 1.807) is 6.20 Å². The number of halogens is 1. The highest BCUT2D eigenvalue weighted by Gasteiger charge is 2.08. The number of aromatic nitrogens is 3. The number of hydrogen-bond acceptors (Lipinski definition) is 3. The minimum atomic E-state index is 0.490. The molecule has 20 heavy (non-hydrogen) atoms. The smallest absolute Gasteiger partial charge is 0.133 e. The van der Waals surface area contributed by atoms with E-state index in [0.29, 0.717) is 5.15 Å².